The molecular formula is C18H16BrN7O2. The highest BCUT2D eigenvalue weighted by Crippen LogP contribution is 2.16. The number of hydrogen-bond acceptors (Lipinski definition) is 5. The molecule has 1 aromatic carbocycles. The first-order valence-corrected chi connectivity index (χ1v) is 9.25. The van der Waals surface area contributed by atoms with Crippen LogP contribution in [0, 0.1) is 0 Å². The van der Waals surface area contributed by atoms with Gasteiger partial charge in [0.2, 0.25) is 5.91 Å². The predicted octanol–water partition coefficient (Wildman–Crippen LogP) is 1.78. The fourth-order valence-electron chi connectivity index (χ4n) is 2.91. The maximum Gasteiger partial charge on any atom is 0.266 e. The van der Waals surface area contributed by atoms with Gasteiger partial charge in [-0.1, -0.05) is 30.3 Å². The van der Waals surface area contributed by atoms with Gasteiger partial charge in [0.1, 0.15) is 28.7 Å². The summed E-state index contributed by atoms with van der Waals surface area (Å²) in [5.74, 6) is 0.205. The Kier molecular flexibility index (Phi) is 4.78. The van der Waals surface area contributed by atoms with Crippen molar-refractivity contribution >= 4 is 38.7 Å². The molecule has 1 N–H and O–H groups in total. The normalized spacial score (nSPS) is 11.1. The number of benzene rings is 1. The Hall–Kier alpha value is -3.27. The van der Waals surface area contributed by atoms with Crippen molar-refractivity contribution in [2.45, 2.75) is 13.1 Å². The van der Waals surface area contributed by atoms with Gasteiger partial charge in [0.25, 0.3) is 5.56 Å². The topological polar surface area (TPSA) is 99.6 Å². The van der Waals surface area contributed by atoms with Crippen LogP contribution in [0.3, 0.4) is 0 Å². The van der Waals surface area contributed by atoms with E-state index in [-0.39, 0.29) is 18.0 Å². The fraction of sp³-hybridized carbons (Fsp3) is 0.167. The quantitative estimate of drug-likeness (QED) is 0.508. The van der Waals surface area contributed by atoms with E-state index in [1.54, 1.807) is 24.0 Å². The van der Waals surface area contributed by atoms with E-state index < -0.39 is 0 Å². The molecule has 0 aliphatic rings. The maximum atomic E-state index is 12.7. The third-order valence-corrected chi connectivity index (χ3v) is 4.80. The van der Waals surface area contributed by atoms with Crippen molar-refractivity contribution in [3.8, 4) is 0 Å². The van der Waals surface area contributed by atoms with Gasteiger partial charge in [0.05, 0.1) is 12.7 Å². The second-order valence-corrected chi connectivity index (χ2v) is 6.95. The zero-order valence-corrected chi connectivity index (χ0v) is 16.5. The summed E-state index contributed by atoms with van der Waals surface area (Å²) in [6, 6.07) is 11.5. The summed E-state index contributed by atoms with van der Waals surface area (Å²) in [6.07, 6.45) is 2.96. The molecule has 0 atom stereocenters. The lowest BCUT2D eigenvalue weighted by Crippen LogP contribution is -2.28. The van der Waals surface area contributed by atoms with E-state index in [0.717, 1.165) is 5.56 Å². The molecule has 3 aromatic heterocycles. The molecule has 0 saturated carbocycles. The van der Waals surface area contributed by atoms with Crippen molar-refractivity contribution in [3.63, 3.8) is 0 Å². The van der Waals surface area contributed by atoms with Crippen molar-refractivity contribution in [1.29, 1.82) is 0 Å². The van der Waals surface area contributed by atoms with Crippen LogP contribution in [0.5, 0.6) is 0 Å². The summed E-state index contributed by atoms with van der Waals surface area (Å²) in [5.41, 5.74) is 1.18. The molecule has 0 aliphatic heterocycles. The molecule has 0 bridgehead atoms. The molecule has 0 spiro atoms. The Balaban J connectivity index is 1.52. The zero-order valence-electron chi connectivity index (χ0n) is 14.9. The van der Waals surface area contributed by atoms with E-state index in [4.69, 9.17) is 0 Å². The third kappa shape index (κ3) is 3.46. The van der Waals surface area contributed by atoms with E-state index in [0.29, 0.717) is 28.0 Å². The fourth-order valence-corrected chi connectivity index (χ4v) is 3.49. The first-order chi connectivity index (χ1) is 13.5. The first kappa shape index (κ1) is 18.1. The Bertz CT molecular complexity index is 1210. The van der Waals surface area contributed by atoms with Crippen molar-refractivity contribution in [2.75, 3.05) is 5.32 Å². The molecule has 142 valence electrons. The highest BCUT2D eigenvalue weighted by atomic mass is 79.9. The van der Waals surface area contributed by atoms with E-state index >= 15 is 0 Å². The molecule has 0 saturated heterocycles. The van der Waals surface area contributed by atoms with Crippen molar-refractivity contribution in [3.05, 3.63) is 69.4 Å². The second kappa shape index (κ2) is 7.39. The molecular weight excluding hydrogens is 426 g/mol. The number of carbonyl (C=O) groups excluding carboxylic acids is 1. The molecule has 9 nitrogen and oxygen atoms in total. The average molecular weight is 442 g/mol. The molecule has 0 fully saturated rings. The number of aromatic nitrogens is 6. The van der Waals surface area contributed by atoms with Crippen LogP contribution >= 0.6 is 15.9 Å². The van der Waals surface area contributed by atoms with E-state index in [1.165, 1.54) is 15.6 Å². The number of hydrogen-bond donors (Lipinski definition) is 1. The number of anilines is 1. The van der Waals surface area contributed by atoms with E-state index in [1.807, 2.05) is 30.3 Å². The minimum atomic E-state index is -0.349. The third-order valence-electron chi connectivity index (χ3n) is 4.24. The number of aryl methyl sites for hydroxylation is 1. The first-order valence-electron chi connectivity index (χ1n) is 8.46. The molecule has 0 aliphatic carbocycles. The monoisotopic (exact) mass is 441 g/mol. The van der Waals surface area contributed by atoms with Gasteiger partial charge < -0.3 is 5.32 Å². The summed E-state index contributed by atoms with van der Waals surface area (Å²) in [5, 5.41) is 11.5. The number of fused-ring (bicyclic) bond motifs is 1. The number of carbonyl (C=O) groups is 1. The Morgan fingerprint density at radius 3 is 2.79 bits per heavy atom. The molecule has 10 heteroatoms. The standard InChI is InChI=1S/C18H16BrN7O2/c1-24-17-15(16(19)23-24)18(28)25(11-20-17)10-14(27)22-13-7-8-21-26(13)9-12-5-3-2-4-6-12/h2-8,11H,9-10H2,1H3,(H,22,27). The molecule has 1 amide bonds. The van der Waals surface area contributed by atoms with Gasteiger partial charge in [-0.25, -0.2) is 14.3 Å². The largest absolute Gasteiger partial charge is 0.309 e. The number of nitrogens with zero attached hydrogens (tertiary/aromatic N) is 6. The minimum Gasteiger partial charge on any atom is -0.309 e. The lowest BCUT2D eigenvalue weighted by molar-refractivity contribution is -0.116. The molecule has 4 aromatic rings. The van der Waals surface area contributed by atoms with Gasteiger partial charge in [-0.3, -0.25) is 14.2 Å². The number of rotatable bonds is 5. The maximum absolute atomic E-state index is 12.7. The van der Waals surface area contributed by atoms with Gasteiger partial charge in [0, 0.05) is 13.1 Å². The molecule has 28 heavy (non-hydrogen) atoms. The van der Waals surface area contributed by atoms with E-state index in [2.05, 4.69) is 36.4 Å². The summed E-state index contributed by atoms with van der Waals surface area (Å²) in [4.78, 5) is 29.4. The minimum absolute atomic E-state index is 0.167. The smallest absolute Gasteiger partial charge is 0.266 e. The zero-order chi connectivity index (χ0) is 19.7. The number of halogens is 1. The van der Waals surface area contributed by atoms with Crippen LogP contribution in [0.15, 0.2) is 58.3 Å². The van der Waals surface area contributed by atoms with Gasteiger partial charge in [-0.2, -0.15) is 10.2 Å². The summed E-state index contributed by atoms with van der Waals surface area (Å²) in [7, 11) is 1.70. The second-order valence-electron chi connectivity index (χ2n) is 6.20. The number of nitrogens with one attached hydrogen (secondary N) is 1. The van der Waals surface area contributed by atoms with Crippen LogP contribution in [0.2, 0.25) is 0 Å². The van der Waals surface area contributed by atoms with Crippen LogP contribution in [0.25, 0.3) is 11.0 Å². The summed E-state index contributed by atoms with van der Waals surface area (Å²) >= 11 is 3.26. The molecule has 4 rings (SSSR count). The van der Waals surface area contributed by atoms with Crippen molar-refractivity contribution in [1.82, 2.24) is 29.1 Å². The Morgan fingerprint density at radius 1 is 1.21 bits per heavy atom. The van der Waals surface area contributed by atoms with Crippen LogP contribution in [-0.2, 0) is 24.9 Å². The van der Waals surface area contributed by atoms with Crippen LogP contribution in [-0.4, -0.2) is 35.0 Å². The molecule has 0 unspecified atom stereocenters. The predicted molar refractivity (Wildman–Crippen MR) is 107 cm³/mol. The highest BCUT2D eigenvalue weighted by molar-refractivity contribution is 9.10. The van der Waals surface area contributed by atoms with E-state index in [9.17, 15) is 9.59 Å². The Morgan fingerprint density at radius 2 is 2.00 bits per heavy atom. The lowest BCUT2D eigenvalue weighted by atomic mass is 10.2. The van der Waals surface area contributed by atoms with Gasteiger partial charge >= 0.3 is 0 Å². The van der Waals surface area contributed by atoms with Gasteiger partial charge in [-0.15, -0.1) is 0 Å². The molecule has 3 heterocycles. The van der Waals surface area contributed by atoms with Crippen LogP contribution < -0.4 is 10.9 Å². The van der Waals surface area contributed by atoms with Crippen LogP contribution in [0.1, 0.15) is 5.56 Å². The Labute approximate surface area is 167 Å². The summed E-state index contributed by atoms with van der Waals surface area (Å²) in [6.45, 7) is 0.360. The average Bonchev–Trinajstić information content (AvgIpc) is 3.22. The highest BCUT2D eigenvalue weighted by Gasteiger charge is 2.15. The SMILES string of the molecule is Cn1nc(Br)c2c(=O)n(CC(=O)Nc3ccnn3Cc3ccccc3)cnc21. The van der Waals surface area contributed by atoms with Crippen molar-refractivity contribution < 1.29 is 4.79 Å². The summed E-state index contributed by atoms with van der Waals surface area (Å²) < 4.78 is 4.85. The van der Waals surface area contributed by atoms with Gasteiger partial charge in [-0.05, 0) is 21.5 Å². The lowest BCUT2D eigenvalue weighted by Gasteiger charge is -2.10. The van der Waals surface area contributed by atoms with Gasteiger partial charge in [0.15, 0.2) is 5.65 Å². The van der Waals surface area contributed by atoms with Crippen LogP contribution in [0.4, 0.5) is 5.82 Å². The van der Waals surface area contributed by atoms with Crippen molar-refractivity contribution in [2.24, 2.45) is 7.05 Å². The number of amides is 1. The molecule has 0 radical (unpaired) electrons.